The van der Waals surface area contributed by atoms with Crippen LogP contribution in [0.2, 0.25) is 0 Å². The van der Waals surface area contributed by atoms with Crippen molar-refractivity contribution in [3.8, 4) is 0 Å². The number of rotatable bonds is 3. The van der Waals surface area contributed by atoms with Gasteiger partial charge in [0.2, 0.25) is 0 Å². The molecule has 5 rings (SSSR count). The molecule has 0 aromatic heterocycles. The Morgan fingerprint density at radius 2 is 1.39 bits per heavy atom. The summed E-state index contributed by atoms with van der Waals surface area (Å²) in [6.07, 6.45) is 0. The molecule has 0 bridgehead atoms. The summed E-state index contributed by atoms with van der Waals surface area (Å²) in [4.78, 5) is 27.0. The van der Waals surface area contributed by atoms with Crippen molar-refractivity contribution in [3.63, 3.8) is 0 Å². The van der Waals surface area contributed by atoms with Crippen molar-refractivity contribution in [2.75, 3.05) is 0 Å². The van der Waals surface area contributed by atoms with E-state index in [0.717, 1.165) is 32.7 Å². The maximum Gasteiger partial charge on any atom is 0.325 e. The van der Waals surface area contributed by atoms with Crippen LogP contribution < -0.4 is 5.32 Å². The van der Waals surface area contributed by atoms with E-state index in [1.807, 2.05) is 72.8 Å². The first kappa shape index (κ1) is 16.5. The van der Waals surface area contributed by atoms with Crippen molar-refractivity contribution < 1.29 is 9.59 Å². The number of carbonyl (C=O) groups excluding carboxylic acids is 2. The standard InChI is InChI=1S/C24H18N2O2/c27-23-22(25-24(28)26(23)15-16-8-2-1-3-9-16)21-14-17-10-4-5-11-18(17)19-12-6-7-13-20(19)21/h1-14,22H,15H2,(H,25,28). The van der Waals surface area contributed by atoms with E-state index in [1.54, 1.807) is 0 Å². The van der Waals surface area contributed by atoms with Gasteiger partial charge in [-0.25, -0.2) is 4.79 Å². The third-order valence-electron chi connectivity index (χ3n) is 5.32. The summed E-state index contributed by atoms with van der Waals surface area (Å²) in [5.41, 5.74) is 1.76. The SMILES string of the molecule is O=C1NC(c2cc3ccccc3c3ccccc23)C(=O)N1Cc1ccccc1. The summed E-state index contributed by atoms with van der Waals surface area (Å²) in [6, 6.07) is 26.7. The molecule has 1 aliphatic heterocycles. The van der Waals surface area contributed by atoms with Crippen LogP contribution in [0.4, 0.5) is 4.79 Å². The Bertz CT molecular complexity index is 1220. The molecule has 1 atom stereocenters. The van der Waals surface area contributed by atoms with Crippen molar-refractivity contribution >= 4 is 33.5 Å². The summed E-state index contributed by atoms with van der Waals surface area (Å²) in [6.45, 7) is 0.271. The molecule has 4 heteroatoms. The predicted molar refractivity (Wildman–Crippen MR) is 110 cm³/mol. The van der Waals surface area contributed by atoms with Gasteiger partial charge in [-0.05, 0) is 38.7 Å². The van der Waals surface area contributed by atoms with Crippen LogP contribution in [-0.4, -0.2) is 16.8 Å². The normalized spacial score (nSPS) is 16.7. The van der Waals surface area contributed by atoms with Gasteiger partial charge in [0.1, 0.15) is 6.04 Å². The van der Waals surface area contributed by atoms with Gasteiger partial charge in [-0.1, -0.05) is 78.9 Å². The van der Waals surface area contributed by atoms with Crippen LogP contribution in [0.3, 0.4) is 0 Å². The average Bonchev–Trinajstić information content (AvgIpc) is 3.02. The van der Waals surface area contributed by atoms with Crippen LogP contribution in [0.5, 0.6) is 0 Å². The Labute approximate surface area is 162 Å². The summed E-state index contributed by atoms with van der Waals surface area (Å²) in [7, 11) is 0. The molecular formula is C24H18N2O2. The maximum atomic E-state index is 13.1. The smallest absolute Gasteiger partial charge is 0.322 e. The van der Waals surface area contributed by atoms with Gasteiger partial charge in [-0.3, -0.25) is 9.69 Å². The number of fused-ring (bicyclic) bond motifs is 3. The monoisotopic (exact) mass is 366 g/mol. The average molecular weight is 366 g/mol. The number of carbonyl (C=O) groups is 2. The third kappa shape index (κ3) is 2.62. The number of nitrogens with one attached hydrogen (secondary N) is 1. The Balaban J connectivity index is 1.60. The molecule has 1 unspecified atom stereocenters. The van der Waals surface area contributed by atoms with Crippen LogP contribution in [0.1, 0.15) is 17.2 Å². The number of imide groups is 1. The van der Waals surface area contributed by atoms with Gasteiger partial charge in [0, 0.05) is 0 Å². The van der Waals surface area contributed by atoms with E-state index in [-0.39, 0.29) is 18.5 Å². The zero-order valence-electron chi connectivity index (χ0n) is 15.1. The van der Waals surface area contributed by atoms with E-state index in [4.69, 9.17) is 0 Å². The van der Waals surface area contributed by atoms with E-state index in [9.17, 15) is 9.59 Å². The molecule has 4 aromatic rings. The fourth-order valence-corrected chi connectivity index (χ4v) is 3.97. The van der Waals surface area contributed by atoms with E-state index in [0.29, 0.717) is 0 Å². The molecule has 3 amide bonds. The molecule has 1 aliphatic rings. The molecule has 0 aliphatic carbocycles. The Morgan fingerprint density at radius 1 is 0.750 bits per heavy atom. The number of hydrogen-bond acceptors (Lipinski definition) is 2. The van der Waals surface area contributed by atoms with Gasteiger partial charge < -0.3 is 5.32 Å². The van der Waals surface area contributed by atoms with Crippen LogP contribution >= 0.6 is 0 Å². The fraction of sp³-hybridized carbons (Fsp3) is 0.0833. The molecule has 4 nitrogen and oxygen atoms in total. The molecule has 0 radical (unpaired) electrons. The predicted octanol–water partition coefficient (Wildman–Crippen LogP) is 4.79. The van der Waals surface area contributed by atoms with Crippen LogP contribution in [0, 0.1) is 0 Å². The fourth-order valence-electron chi connectivity index (χ4n) is 3.97. The minimum atomic E-state index is -0.675. The van der Waals surface area contributed by atoms with Gasteiger partial charge in [-0.15, -0.1) is 0 Å². The first-order valence-corrected chi connectivity index (χ1v) is 9.28. The lowest BCUT2D eigenvalue weighted by Crippen LogP contribution is -2.30. The number of hydrogen-bond donors (Lipinski definition) is 1. The molecule has 0 spiro atoms. The van der Waals surface area contributed by atoms with E-state index in [2.05, 4.69) is 17.4 Å². The van der Waals surface area contributed by atoms with Gasteiger partial charge in [0.05, 0.1) is 6.54 Å². The maximum absolute atomic E-state index is 13.1. The molecule has 0 saturated carbocycles. The van der Waals surface area contributed by atoms with Crippen molar-refractivity contribution in [1.29, 1.82) is 0 Å². The lowest BCUT2D eigenvalue weighted by Gasteiger charge is -2.16. The summed E-state index contributed by atoms with van der Waals surface area (Å²) in [5, 5.41) is 7.15. The number of urea groups is 1. The van der Waals surface area contributed by atoms with Crippen molar-refractivity contribution in [1.82, 2.24) is 10.2 Å². The highest BCUT2D eigenvalue weighted by Crippen LogP contribution is 2.34. The second kappa shape index (κ2) is 6.50. The molecule has 136 valence electrons. The molecule has 1 saturated heterocycles. The highest BCUT2D eigenvalue weighted by atomic mass is 16.2. The van der Waals surface area contributed by atoms with Gasteiger partial charge in [-0.2, -0.15) is 0 Å². The van der Waals surface area contributed by atoms with Crippen molar-refractivity contribution in [2.24, 2.45) is 0 Å². The topological polar surface area (TPSA) is 49.4 Å². The minimum Gasteiger partial charge on any atom is -0.322 e. The van der Waals surface area contributed by atoms with E-state index < -0.39 is 6.04 Å². The molecule has 1 N–H and O–H groups in total. The Hall–Kier alpha value is -3.66. The zero-order chi connectivity index (χ0) is 19.1. The minimum absolute atomic E-state index is 0.214. The highest BCUT2D eigenvalue weighted by Gasteiger charge is 2.39. The molecular weight excluding hydrogens is 348 g/mol. The molecule has 4 aromatic carbocycles. The summed E-state index contributed by atoms with van der Waals surface area (Å²) < 4.78 is 0. The summed E-state index contributed by atoms with van der Waals surface area (Å²) in [5.74, 6) is -0.214. The first-order chi connectivity index (χ1) is 13.7. The van der Waals surface area contributed by atoms with E-state index in [1.165, 1.54) is 4.90 Å². The van der Waals surface area contributed by atoms with Crippen LogP contribution in [0.15, 0.2) is 84.9 Å². The lowest BCUT2D eigenvalue weighted by molar-refractivity contribution is -0.127. The second-order valence-corrected chi connectivity index (χ2v) is 7.02. The van der Waals surface area contributed by atoms with Crippen molar-refractivity contribution in [2.45, 2.75) is 12.6 Å². The molecule has 1 fully saturated rings. The number of amides is 3. The zero-order valence-corrected chi connectivity index (χ0v) is 15.1. The first-order valence-electron chi connectivity index (χ1n) is 9.28. The lowest BCUT2D eigenvalue weighted by atomic mass is 9.93. The number of benzene rings is 4. The number of nitrogens with zero attached hydrogens (tertiary/aromatic N) is 1. The van der Waals surface area contributed by atoms with E-state index >= 15 is 0 Å². The van der Waals surface area contributed by atoms with Gasteiger partial charge in [0.25, 0.3) is 5.91 Å². The second-order valence-electron chi connectivity index (χ2n) is 7.02. The van der Waals surface area contributed by atoms with Crippen molar-refractivity contribution in [3.05, 3.63) is 96.1 Å². The Morgan fingerprint density at radius 3 is 2.18 bits per heavy atom. The highest BCUT2D eigenvalue weighted by molar-refractivity contribution is 6.12. The molecule has 28 heavy (non-hydrogen) atoms. The Kier molecular flexibility index (Phi) is 3.83. The third-order valence-corrected chi connectivity index (χ3v) is 5.32. The quantitative estimate of drug-likeness (QED) is 0.419. The largest absolute Gasteiger partial charge is 0.325 e. The summed E-state index contributed by atoms with van der Waals surface area (Å²) >= 11 is 0. The van der Waals surface area contributed by atoms with Gasteiger partial charge in [0.15, 0.2) is 0 Å². The van der Waals surface area contributed by atoms with Crippen LogP contribution in [-0.2, 0) is 11.3 Å². The van der Waals surface area contributed by atoms with Crippen LogP contribution in [0.25, 0.3) is 21.5 Å². The molecule has 1 heterocycles. The van der Waals surface area contributed by atoms with Gasteiger partial charge >= 0.3 is 6.03 Å².